The summed E-state index contributed by atoms with van der Waals surface area (Å²) in [5.74, 6) is -0.269. The average molecular weight is 378 g/mol. The molecule has 1 aliphatic heterocycles. The number of hydrogen-bond donors (Lipinski definition) is 0. The lowest BCUT2D eigenvalue weighted by Crippen LogP contribution is -2.24. The third-order valence-electron chi connectivity index (χ3n) is 3.54. The quantitative estimate of drug-likeness (QED) is 0.734. The first-order valence-corrected chi connectivity index (χ1v) is 8.80. The van der Waals surface area contributed by atoms with Crippen LogP contribution in [0.2, 0.25) is 0 Å². The van der Waals surface area contributed by atoms with Crippen LogP contribution in [0.1, 0.15) is 6.92 Å². The van der Waals surface area contributed by atoms with Crippen molar-refractivity contribution in [1.29, 1.82) is 0 Å². The molecular formula is C17H18N2O6S. The number of hydrogen-bond acceptors (Lipinski definition) is 7. The molecule has 138 valence electrons. The molecule has 8 nitrogen and oxygen atoms in total. The van der Waals surface area contributed by atoms with E-state index in [2.05, 4.69) is 4.99 Å². The number of benzene rings is 1. The van der Waals surface area contributed by atoms with Gasteiger partial charge in [-0.1, -0.05) is 11.3 Å². The van der Waals surface area contributed by atoms with Gasteiger partial charge in [0.15, 0.2) is 4.80 Å². The summed E-state index contributed by atoms with van der Waals surface area (Å²) in [4.78, 5) is 28.8. The van der Waals surface area contributed by atoms with Gasteiger partial charge in [-0.05, 0) is 25.1 Å². The van der Waals surface area contributed by atoms with Gasteiger partial charge >= 0.3 is 11.9 Å². The third kappa shape index (κ3) is 3.88. The van der Waals surface area contributed by atoms with E-state index in [9.17, 15) is 9.59 Å². The number of rotatable bonds is 5. The zero-order valence-electron chi connectivity index (χ0n) is 14.4. The third-order valence-corrected chi connectivity index (χ3v) is 4.58. The number of esters is 1. The highest BCUT2D eigenvalue weighted by atomic mass is 32.1. The Morgan fingerprint density at radius 3 is 2.88 bits per heavy atom. The van der Waals surface area contributed by atoms with Gasteiger partial charge in [0.1, 0.15) is 31.8 Å². The molecule has 0 spiro atoms. The van der Waals surface area contributed by atoms with Gasteiger partial charge in [0.05, 0.1) is 23.9 Å². The van der Waals surface area contributed by atoms with Crippen LogP contribution >= 0.6 is 11.3 Å². The molecule has 0 N–H and O–H groups in total. The second kappa shape index (κ2) is 8.05. The van der Waals surface area contributed by atoms with E-state index in [-0.39, 0.29) is 18.9 Å². The van der Waals surface area contributed by atoms with Crippen LogP contribution in [0.3, 0.4) is 0 Å². The fourth-order valence-corrected chi connectivity index (χ4v) is 3.43. The minimum absolute atomic E-state index is 0.0361. The van der Waals surface area contributed by atoms with Crippen LogP contribution < -0.4 is 9.54 Å². The number of carbonyl (C=O) groups is 2. The Balaban J connectivity index is 2.06. The molecule has 1 aromatic carbocycles. The molecule has 0 saturated heterocycles. The second-order valence-electron chi connectivity index (χ2n) is 5.23. The predicted molar refractivity (Wildman–Crippen MR) is 93.6 cm³/mol. The molecular weight excluding hydrogens is 360 g/mol. The summed E-state index contributed by atoms with van der Waals surface area (Å²) in [7, 11) is 1.57. The van der Waals surface area contributed by atoms with Crippen LogP contribution in [-0.4, -0.2) is 43.4 Å². The summed E-state index contributed by atoms with van der Waals surface area (Å²) in [6.45, 7) is 2.64. The van der Waals surface area contributed by atoms with Crippen molar-refractivity contribution < 1.29 is 28.5 Å². The number of nitrogens with zero attached hydrogens (tertiary/aromatic N) is 2. The smallest absolute Gasteiger partial charge is 0.326 e. The first kappa shape index (κ1) is 18.0. The highest BCUT2D eigenvalue weighted by Gasteiger charge is 2.17. The molecule has 1 amide bonds. The Hall–Kier alpha value is -2.81. The highest BCUT2D eigenvalue weighted by Crippen LogP contribution is 2.23. The minimum atomic E-state index is -0.569. The van der Waals surface area contributed by atoms with Crippen molar-refractivity contribution >= 4 is 33.4 Å². The molecule has 3 rings (SSSR count). The van der Waals surface area contributed by atoms with Crippen LogP contribution in [0.4, 0.5) is 0 Å². The number of thiazole rings is 1. The van der Waals surface area contributed by atoms with E-state index in [1.165, 1.54) is 17.6 Å². The lowest BCUT2D eigenvalue weighted by atomic mass is 10.3. The minimum Gasteiger partial charge on any atom is -0.497 e. The van der Waals surface area contributed by atoms with Crippen molar-refractivity contribution in [2.75, 3.05) is 26.9 Å². The Morgan fingerprint density at radius 2 is 2.19 bits per heavy atom. The van der Waals surface area contributed by atoms with Gasteiger partial charge < -0.3 is 23.5 Å². The zero-order valence-corrected chi connectivity index (χ0v) is 15.2. The summed E-state index contributed by atoms with van der Waals surface area (Å²) in [5.41, 5.74) is 0.755. The molecule has 9 heteroatoms. The van der Waals surface area contributed by atoms with Crippen LogP contribution in [0, 0.1) is 0 Å². The molecule has 0 radical (unpaired) electrons. The molecule has 0 aliphatic carbocycles. The maximum Gasteiger partial charge on any atom is 0.326 e. The molecule has 2 heterocycles. The number of fused-ring (bicyclic) bond motifs is 1. The summed E-state index contributed by atoms with van der Waals surface area (Å²) in [6, 6.07) is 5.42. The molecule has 2 aromatic rings. The van der Waals surface area contributed by atoms with Crippen molar-refractivity contribution in [2.45, 2.75) is 13.5 Å². The maximum atomic E-state index is 12.3. The number of aromatic nitrogens is 1. The number of amides is 1. The van der Waals surface area contributed by atoms with E-state index in [0.717, 1.165) is 10.2 Å². The van der Waals surface area contributed by atoms with Crippen molar-refractivity contribution in [3.63, 3.8) is 0 Å². The molecule has 0 atom stereocenters. The second-order valence-corrected chi connectivity index (χ2v) is 6.24. The summed E-state index contributed by atoms with van der Waals surface area (Å²) < 4.78 is 23.1. The molecule has 0 bridgehead atoms. The lowest BCUT2D eigenvalue weighted by Gasteiger charge is -2.12. The first-order valence-electron chi connectivity index (χ1n) is 7.99. The van der Waals surface area contributed by atoms with Gasteiger partial charge in [0, 0.05) is 0 Å². The van der Waals surface area contributed by atoms with Crippen molar-refractivity contribution in [3.8, 4) is 5.75 Å². The van der Waals surface area contributed by atoms with Gasteiger partial charge in [-0.25, -0.2) is 0 Å². The fraction of sp³-hybridized carbons (Fsp3) is 0.353. The van der Waals surface area contributed by atoms with Crippen LogP contribution in [-0.2, 0) is 30.3 Å². The van der Waals surface area contributed by atoms with E-state index < -0.39 is 11.9 Å². The van der Waals surface area contributed by atoms with Crippen molar-refractivity contribution in [2.24, 2.45) is 4.99 Å². The molecule has 0 unspecified atom stereocenters. The van der Waals surface area contributed by atoms with Crippen LogP contribution in [0.5, 0.6) is 5.75 Å². The number of ether oxygens (including phenoxy) is 4. The van der Waals surface area contributed by atoms with E-state index >= 15 is 0 Å². The van der Waals surface area contributed by atoms with E-state index in [1.54, 1.807) is 24.7 Å². The molecule has 1 aromatic heterocycles. The van der Waals surface area contributed by atoms with Gasteiger partial charge in [0.2, 0.25) is 5.76 Å². The van der Waals surface area contributed by atoms with E-state index in [4.69, 9.17) is 18.9 Å². The lowest BCUT2D eigenvalue weighted by molar-refractivity contribution is -0.143. The Morgan fingerprint density at radius 1 is 1.35 bits per heavy atom. The standard InChI is InChI=1S/C17H18N2O6S/c1-3-24-15(20)9-19-12-5-4-11(22-2)8-14(12)26-17(19)18-16(21)13-10-23-6-7-25-13/h4-5,8,10H,3,6-7,9H2,1-2H3. The van der Waals surface area contributed by atoms with Crippen molar-refractivity contribution in [3.05, 3.63) is 35.0 Å². The fourth-order valence-electron chi connectivity index (χ4n) is 2.38. The predicted octanol–water partition coefficient (Wildman–Crippen LogP) is 1.59. The Bertz CT molecular complexity index is 927. The average Bonchev–Trinajstić information content (AvgIpc) is 2.98. The summed E-state index contributed by atoms with van der Waals surface area (Å²) in [5, 5.41) is 0. The van der Waals surface area contributed by atoms with Crippen LogP contribution in [0.15, 0.2) is 35.2 Å². The molecule has 26 heavy (non-hydrogen) atoms. The van der Waals surface area contributed by atoms with E-state index in [1.807, 2.05) is 12.1 Å². The first-order chi connectivity index (χ1) is 12.6. The molecule has 1 aliphatic rings. The monoisotopic (exact) mass is 378 g/mol. The largest absolute Gasteiger partial charge is 0.497 e. The van der Waals surface area contributed by atoms with Gasteiger partial charge in [0.25, 0.3) is 0 Å². The van der Waals surface area contributed by atoms with E-state index in [0.29, 0.717) is 23.8 Å². The van der Waals surface area contributed by atoms with Gasteiger partial charge in [-0.3, -0.25) is 9.59 Å². The molecule has 0 fully saturated rings. The zero-order chi connectivity index (χ0) is 18.5. The van der Waals surface area contributed by atoms with Crippen molar-refractivity contribution in [1.82, 2.24) is 4.57 Å². The Kier molecular flexibility index (Phi) is 5.57. The highest BCUT2D eigenvalue weighted by molar-refractivity contribution is 7.16. The Labute approximate surface area is 153 Å². The number of methoxy groups -OCH3 is 1. The normalized spacial score (nSPS) is 14.4. The topological polar surface area (TPSA) is 88.4 Å². The van der Waals surface area contributed by atoms with Gasteiger partial charge in [-0.15, -0.1) is 0 Å². The number of carbonyl (C=O) groups excluding carboxylic acids is 2. The van der Waals surface area contributed by atoms with Crippen LogP contribution in [0.25, 0.3) is 10.2 Å². The summed E-state index contributed by atoms with van der Waals surface area (Å²) in [6.07, 6.45) is 1.25. The van der Waals surface area contributed by atoms with Gasteiger partial charge in [-0.2, -0.15) is 4.99 Å². The molecule has 0 saturated carbocycles. The summed E-state index contributed by atoms with van der Waals surface area (Å²) >= 11 is 1.27. The SMILES string of the molecule is CCOC(=O)Cn1c(=NC(=O)C2=COCCO2)sc2cc(OC)ccc21. The maximum absolute atomic E-state index is 12.3.